The summed E-state index contributed by atoms with van der Waals surface area (Å²) in [5, 5.41) is 0. The normalized spacial score (nSPS) is 27.3. The van der Waals surface area contributed by atoms with Crippen molar-refractivity contribution in [2.24, 2.45) is 59.2 Å². The molecule has 10 aliphatic rings. The van der Waals surface area contributed by atoms with Crippen molar-refractivity contribution in [1.82, 2.24) is 0 Å². The molecule has 0 spiro atoms. The Morgan fingerprint density at radius 3 is 0.497 bits per heavy atom. The molecule has 804 valence electrons. The summed E-state index contributed by atoms with van der Waals surface area (Å²) in [6.07, 6.45) is 70.5. The molecule has 10 fully saturated rings. The van der Waals surface area contributed by atoms with Crippen LogP contribution in [0.15, 0.2) is 212 Å². The van der Waals surface area contributed by atoms with E-state index in [4.69, 9.17) is 0 Å². The number of hydrogen-bond donors (Lipinski definition) is 0. The Hall–Kier alpha value is -8.15. The smallest absolute Gasteiger partial charge is 0.131 e. The summed E-state index contributed by atoms with van der Waals surface area (Å²) in [4.78, 5) is 0. The lowest BCUT2D eigenvalue weighted by Crippen LogP contribution is -2.13. The molecule has 0 radical (unpaired) electrons. The highest BCUT2D eigenvalue weighted by Gasteiger charge is 2.33. The first-order valence-corrected chi connectivity index (χ1v) is 62.2. The van der Waals surface area contributed by atoms with Crippen molar-refractivity contribution in [1.29, 1.82) is 0 Å². The highest BCUT2D eigenvalue weighted by molar-refractivity contribution is 5.69. The summed E-state index contributed by atoms with van der Waals surface area (Å²) in [6.45, 7) is 23.2. The van der Waals surface area contributed by atoms with Crippen LogP contribution in [0.5, 0.6) is 0 Å². The van der Waals surface area contributed by atoms with Crippen LogP contribution >= 0.6 is 0 Å². The maximum Gasteiger partial charge on any atom is 0.131 e. The molecule has 10 aliphatic carbocycles. The lowest BCUT2D eigenvalue weighted by atomic mass is 9.77. The van der Waals surface area contributed by atoms with Gasteiger partial charge in [-0.25, -0.2) is 22.0 Å². The van der Waals surface area contributed by atoms with E-state index in [2.05, 4.69) is 221 Å². The Bertz CT molecular complexity index is 5400. The second-order valence-electron chi connectivity index (χ2n) is 50.5. The molecule has 0 aromatic heterocycles. The van der Waals surface area contributed by atoms with Gasteiger partial charge in [0.2, 0.25) is 0 Å². The zero-order valence-electron chi connectivity index (χ0n) is 94.3. The van der Waals surface area contributed by atoms with E-state index in [0.29, 0.717) is 59.2 Å². The van der Waals surface area contributed by atoms with E-state index in [1.807, 2.05) is 60.7 Å². The SMILES string of the molecule is CCC1CCC(c2ccc(-c3ccc(C4CCC(C)CC4)cc3)c(F)c2)CC1.CCCC1CCC(c2ccc(-c3ccc(C4CCC(C)CC4)cc3)c(F)c2)CC1.CCCCC1CCC(c2ccc(-c3ccc(C4CCC(C)CC4)cc3)c(F)c2)CC1.CCCCCC1CCC(c2ccc(-c3ccc(C4CCC(C)CC4)cc3)c(F)c2)CC1.CCCCCC1CCC(c2ccc(-c3ccc(C4CCC(C)CC4)cc3)c(F)c2)CC1. The predicted molar refractivity (Wildman–Crippen MR) is 628 cm³/mol. The number of hydrogen-bond acceptors (Lipinski definition) is 0. The molecule has 0 unspecified atom stereocenters. The van der Waals surface area contributed by atoms with Crippen LogP contribution in [0.2, 0.25) is 0 Å². The number of rotatable bonds is 29. The highest BCUT2D eigenvalue weighted by atomic mass is 19.1. The van der Waals surface area contributed by atoms with Gasteiger partial charge in [0.1, 0.15) is 29.1 Å². The summed E-state index contributed by atoms with van der Waals surface area (Å²) in [7, 11) is 0. The minimum atomic E-state index is -0.0608. The minimum absolute atomic E-state index is 0.0539. The van der Waals surface area contributed by atoms with E-state index in [0.717, 1.165) is 115 Å². The van der Waals surface area contributed by atoms with Crippen LogP contribution in [0.3, 0.4) is 0 Å². The van der Waals surface area contributed by atoms with Crippen molar-refractivity contribution in [2.75, 3.05) is 0 Å². The summed E-state index contributed by atoms with van der Waals surface area (Å²) in [6, 6.07) is 73.8. The largest absolute Gasteiger partial charge is 0.206 e. The third-order valence-corrected chi connectivity index (χ3v) is 39.8. The van der Waals surface area contributed by atoms with Gasteiger partial charge in [-0.2, -0.15) is 0 Å². The fraction of sp³-hybridized carbons (Fsp3) is 0.583. The minimum Gasteiger partial charge on any atom is -0.206 e. The van der Waals surface area contributed by atoms with Crippen molar-refractivity contribution in [3.8, 4) is 55.6 Å². The molecule has 149 heavy (non-hydrogen) atoms. The molecular weight excluding hydrogens is 1820 g/mol. The van der Waals surface area contributed by atoms with Gasteiger partial charge in [-0.1, -0.05) is 405 Å². The van der Waals surface area contributed by atoms with Gasteiger partial charge < -0.3 is 0 Å². The van der Waals surface area contributed by atoms with Gasteiger partial charge in [-0.15, -0.1) is 0 Å². The fourth-order valence-electron chi connectivity index (χ4n) is 29.0. The van der Waals surface area contributed by atoms with Crippen LogP contribution in [0.25, 0.3) is 55.6 Å². The topological polar surface area (TPSA) is 0 Å². The molecule has 0 atom stereocenters. The van der Waals surface area contributed by atoms with E-state index < -0.39 is 0 Å². The average molecular weight is 2020 g/mol. The van der Waals surface area contributed by atoms with Crippen molar-refractivity contribution >= 4 is 0 Å². The fourth-order valence-corrected chi connectivity index (χ4v) is 29.0. The second kappa shape index (κ2) is 57.9. The number of unbranched alkanes of at least 4 members (excludes halogenated alkanes) is 5. The molecule has 0 saturated heterocycles. The maximum absolute atomic E-state index is 15.1. The van der Waals surface area contributed by atoms with Gasteiger partial charge in [0, 0.05) is 27.8 Å². The Balaban J connectivity index is 0.000000133. The standard InChI is InChI=1S/2C30H41F.C29H39F.C28H37F.C27H35F/c2*1-3-4-5-6-23-9-13-26(14-10-23)28-19-20-29(30(31)21-28)27-17-15-25(16-18-27)24-11-7-22(2)8-12-24;1-3-4-5-22-8-12-25(13-9-22)27-18-19-28(29(30)20-27)26-16-14-24(15-17-26)23-10-6-21(2)7-11-23;1-3-4-21-7-11-24(12-8-21)26-17-18-27(28(29)19-26)25-15-13-23(14-16-25)22-9-5-20(2)6-10-22;1-3-20-6-10-23(11-7-20)25-16-17-26(27(28)18-25)24-14-12-22(13-15-24)21-8-4-19(2)5-9-21/h2*15-24,26H,3-14H2,1-2H3;14-23,25H,3-13H2,1-2H3;13-22,24H,3-12H2,1-2H3;12-21,23H,3-11H2,1-2H3. The maximum atomic E-state index is 15.1. The molecular formula is C144H193F5. The summed E-state index contributed by atoms with van der Waals surface area (Å²) < 4.78 is 75.1. The van der Waals surface area contributed by atoms with Gasteiger partial charge in [0.15, 0.2) is 0 Å². The predicted octanol–water partition coefficient (Wildman–Crippen LogP) is 45.9. The van der Waals surface area contributed by atoms with Gasteiger partial charge in [-0.05, 0) is 425 Å². The molecule has 0 bridgehead atoms. The summed E-state index contributed by atoms with van der Waals surface area (Å²) in [5.74, 6) is 14.7. The van der Waals surface area contributed by atoms with Gasteiger partial charge >= 0.3 is 0 Å². The molecule has 10 aromatic carbocycles. The van der Waals surface area contributed by atoms with Gasteiger partial charge in [-0.3, -0.25) is 0 Å². The first kappa shape index (κ1) is 113. The van der Waals surface area contributed by atoms with Crippen LogP contribution < -0.4 is 0 Å². The Labute approximate surface area is 902 Å². The van der Waals surface area contributed by atoms with Crippen molar-refractivity contribution in [3.63, 3.8) is 0 Å². The highest BCUT2D eigenvalue weighted by Crippen LogP contribution is 2.50. The molecule has 5 heteroatoms. The molecule has 0 aliphatic heterocycles. The quantitative estimate of drug-likeness (QED) is 0.0324. The number of halogens is 5. The summed E-state index contributed by atoms with van der Waals surface area (Å²) >= 11 is 0. The van der Waals surface area contributed by atoms with Crippen LogP contribution in [-0.4, -0.2) is 0 Å². The molecule has 0 nitrogen and oxygen atoms in total. The van der Waals surface area contributed by atoms with Crippen LogP contribution in [0.4, 0.5) is 22.0 Å². The Morgan fingerprint density at radius 2 is 0.322 bits per heavy atom. The molecule has 20 rings (SSSR count). The summed E-state index contributed by atoms with van der Waals surface area (Å²) in [5.41, 5.74) is 22.0. The first-order chi connectivity index (χ1) is 72.7. The van der Waals surface area contributed by atoms with Gasteiger partial charge in [0.05, 0.1) is 0 Å². The van der Waals surface area contributed by atoms with Crippen LogP contribution in [0, 0.1) is 88.3 Å². The van der Waals surface area contributed by atoms with E-state index in [1.54, 1.807) is 0 Å². The molecule has 0 amide bonds. The Morgan fingerprint density at radius 1 is 0.161 bits per heavy atom. The molecule has 0 heterocycles. The van der Waals surface area contributed by atoms with Crippen LogP contribution in [0.1, 0.15) is 531 Å². The average Bonchev–Trinajstić information content (AvgIpc) is 0.819. The van der Waals surface area contributed by atoms with Crippen molar-refractivity contribution in [2.45, 2.75) is 475 Å². The monoisotopic (exact) mass is 2020 g/mol. The van der Waals surface area contributed by atoms with E-state index in [-0.39, 0.29) is 29.1 Å². The Kier molecular flexibility index (Phi) is 44.0. The lowest BCUT2D eigenvalue weighted by molar-refractivity contribution is 0.302. The third-order valence-electron chi connectivity index (χ3n) is 39.8. The molecule has 10 saturated carbocycles. The van der Waals surface area contributed by atoms with E-state index >= 15 is 13.2 Å². The lowest BCUT2D eigenvalue weighted by Gasteiger charge is -2.29. The zero-order chi connectivity index (χ0) is 104. The molecule has 10 aromatic rings. The third kappa shape index (κ3) is 32.5. The first-order valence-electron chi connectivity index (χ1n) is 62.2. The van der Waals surface area contributed by atoms with Crippen molar-refractivity contribution in [3.05, 3.63) is 297 Å². The molecule has 0 N–H and O–H groups in total. The number of benzene rings is 10. The van der Waals surface area contributed by atoms with Crippen LogP contribution in [-0.2, 0) is 0 Å². The van der Waals surface area contributed by atoms with Gasteiger partial charge in [0.25, 0.3) is 0 Å². The van der Waals surface area contributed by atoms with E-state index in [9.17, 15) is 8.78 Å². The second-order valence-corrected chi connectivity index (χ2v) is 50.5. The zero-order valence-corrected chi connectivity index (χ0v) is 94.3. The van der Waals surface area contributed by atoms with E-state index in [1.165, 1.54) is 402 Å². The van der Waals surface area contributed by atoms with Crippen molar-refractivity contribution < 1.29 is 22.0 Å².